The van der Waals surface area contributed by atoms with Crippen LogP contribution in [-0.2, 0) is 4.79 Å². The van der Waals surface area contributed by atoms with Crippen LogP contribution in [-0.4, -0.2) is 12.5 Å². The third-order valence-corrected chi connectivity index (χ3v) is 5.01. The van der Waals surface area contributed by atoms with E-state index in [9.17, 15) is 4.79 Å². The maximum absolute atomic E-state index is 12.1. The normalized spacial score (nSPS) is 17.2. The Kier molecular flexibility index (Phi) is 4.04. The average Bonchev–Trinajstić information content (AvgIpc) is 2.53. The molecule has 0 aromatic heterocycles. The first kappa shape index (κ1) is 14.2. The van der Waals surface area contributed by atoms with Gasteiger partial charge in [-0.05, 0) is 35.9 Å². The minimum atomic E-state index is -0.0679. The van der Waals surface area contributed by atoms with Crippen molar-refractivity contribution in [2.24, 2.45) is 0 Å². The maximum atomic E-state index is 12.1. The van der Waals surface area contributed by atoms with Gasteiger partial charge in [0.1, 0.15) is 0 Å². The zero-order valence-corrected chi connectivity index (χ0v) is 12.9. The van der Waals surface area contributed by atoms with E-state index in [1.165, 1.54) is 11.6 Å². The van der Waals surface area contributed by atoms with E-state index in [1.54, 1.807) is 16.7 Å². The Labute approximate surface area is 133 Å². The van der Waals surface area contributed by atoms with Gasteiger partial charge in [-0.15, -0.1) is 11.8 Å². The second kappa shape index (κ2) is 5.96. The van der Waals surface area contributed by atoms with Gasteiger partial charge in [-0.1, -0.05) is 42.4 Å². The predicted molar refractivity (Wildman–Crippen MR) is 89.0 cm³/mol. The molecule has 0 N–H and O–H groups in total. The topological polar surface area (TPSA) is 20.3 Å². The number of rotatable bonds is 2. The Morgan fingerprint density at radius 2 is 1.95 bits per heavy atom. The van der Waals surface area contributed by atoms with E-state index in [0.717, 1.165) is 15.6 Å². The van der Waals surface area contributed by atoms with Crippen LogP contribution in [0, 0.1) is 0 Å². The number of anilines is 1. The SMILES string of the molecule is C=CC(=O)N1CC(c2ccc(Cl)cc2)Sc2ccccc21. The van der Waals surface area contributed by atoms with E-state index in [1.807, 2.05) is 48.5 Å². The highest BCUT2D eigenvalue weighted by molar-refractivity contribution is 7.99. The van der Waals surface area contributed by atoms with Crippen LogP contribution < -0.4 is 4.90 Å². The summed E-state index contributed by atoms with van der Waals surface area (Å²) in [4.78, 5) is 15.0. The lowest BCUT2D eigenvalue weighted by Crippen LogP contribution is -2.35. The fourth-order valence-electron chi connectivity index (χ4n) is 2.40. The highest BCUT2D eigenvalue weighted by Gasteiger charge is 2.28. The number of halogens is 1. The lowest BCUT2D eigenvalue weighted by Gasteiger charge is -2.33. The standard InChI is InChI=1S/C17H14ClNOS/c1-2-17(20)19-11-16(12-7-9-13(18)10-8-12)21-15-6-4-3-5-14(15)19/h2-10,16H,1,11H2. The third kappa shape index (κ3) is 2.85. The van der Waals surface area contributed by atoms with Crippen LogP contribution >= 0.6 is 23.4 Å². The molecule has 1 amide bonds. The summed E-state index contributed by atoms with van der Waals surface area (Å²) in [5, 5.41) is 0.917. The predicted octanol–water partition coefficient (Wildman–Crippen LogP) is 4.71. The summed E-state index contributed by atoms with van der Waals surface area (Å²) in [6.07, 6.45) is 1.37. The van der Waals surface area contributed by atoms with Crippen LogP contribution in [0.2, 0.25) is 5.02 Å². The zero-order chi connectivity index (χ0) is 14.8. The van der Waals surface area contributed by atoms with Crippen LogP contribution in [0.15, 0.2) is 66.1 Å². The molecule has 1 unspecified atom stereocenters. The Morgan fingerprint density at radius 3 is 2.67 bits per heavy atom. The van der Waals surface area contributed by atoms with E-state index < -0.39 is 0 Å². The molecule has 1 atom stereocenters. The summed E-state index contributed by atoms with van der Waals surface area (Å²) in [6.45, 7) is 4.24. The minimum Gasteiger partial charge on any atom is -0.306 e. The number of carbonyl (C=O) groups is 1. The number of thioether (sulfide) groups is 1. The first-order valence-electron chi connectivity index (χ1n) is 6.64. The molecular weight excluding hydrogens is 302 g/mol. The van der Waals surface area contributed by atoms with Crippen LogP contribution in [0.5, 0.6) is 0 Å². The molecule has 2 aromatic rings. The summed E-state index contributed by atoms with van der Waals surface area (Å²) < 4.78 is 0. The van der Waals surface area contributed by atoms with Crippen LogP contribution in [0.25, 0.3) is 0 Å². The summed E-state index contributed by atoms with van der Waals surface area (Å²) in [6, 6.07) is 15.8. The molecule has 0 radical (unpaired) electrons. The lowest BCUT2D eigenvalue weighted by molar-refractivity contribution is -0.114. The van der Waals surface area contributed by atoms with Crippen molar-refractivity contribution < 1.29 is 4.79 Å². The van der Waals surface area contributed by atoms with Gasteiger partial charge < -0.3 is 4.90 Å². The Morgan fingerprint density at radius 1 is 1.24 bits per heavy atom. The van der Waals surface area contributed by atoms with Gasteiger partial charge in [-0.2, -0.15) is 0 Å². The molecule has 3 rings (SSSR count). The molecule has 0 saturated carbocycles. The molecule has 0 bridgehead atoms. The number of amides is 1. The number of fused-ring (bicyclic) bond motifs is 1. The molecule has 2 nitrogen and oxygen atoms in total. The van der Waals surface area contributed by atoms with E-state index >= 15 is 0 Å². The largest absolute Gasteiger partial charge is 0.306 e. The highest BCUT2D eigenvalue weighted by atomic mass is 35.5. The van der Waals surface area contributed by atoms with E-state index in [4.69, 9.17) is 11.6 Å². The number of para-hydroxylation sites is 1. The number of hydrogen-bond donors (Lipinski definition) is 0. The van der Waals surface area contributed by atoms with Gasteiger partial charge in [-0.3, -0.25) is 4.79 Å². The Bertz CT molecular complexity index is 683. The summed E-state index contributed by atoms with van der Waals surface area (Å²) in [7, 11) is 0. The van der Waals surface area contributed by atoms with Crippen molar-refractivity contribution in [2.45, 2.75) is 10.1 Å². The molecule has 0 fully saturated rings. The number of carbonyl (C=O) groups excluding carboxylic acids is 1. The van der Waals surface area contributed by atoms with Gasteiger partial charge in [-0.25, -0.2) is 0 Å². The van der Waals surface area contributed by atoms with Gasteiger partial charge >= 0.3 is 0 Å². The highest BCUT2D eigenvalue weighted by Crippen LogP contribution is 2.45. The molecule has 0 spiro atoms. The minimum absolute atomic E-state index is 0.0679. The molecule has 4 heteroatoms. The molecule has 21 heavy (non-hydrogen) atoms. The zero-order valence-electron chi connectivity index (χ0n) is 11.3. The average molecular weight is 316 g/mol. The van der Waals surface area contributed by atoms with Gasteiger partial charge in [0.2, 0.25) is 5.91 Å². The number of benzene rings is 2. The van der Waals surface area contributed by atoms with Crippen molar-refractivity contribution in [1.29, 1.82) is 0 Å². The fourth-order valence-corrected chi connectivity index (χ4v) is 3.81. The van der Waals surface area contributed by atoms with Crippen LogP contribution in [0.4, 0.5) is 5.69 Å². The smallest absolute Gasteiger partial charge is 0.250 e. The molecular formula is C17H14ClNOS. The third-order valence-electron chi connectivity index (χ3n) is 3.46. The molecule has 0 saturated heterocycles. The van der Waals surface area contributed by atoms with E-state index in [0.29, 0.717) is 6.54 Å². The van der Waals surface area contributed by atoms with Crippen molar-refractivity contribution in [3.8, 4) is 0 Å². The Balaban J connectivity index is 1.98. The Hall–Kier alpha value is -1.71. The van der Waals surface area contributed by atoms with Crippen molar-refractivity contribution in [3.05, 3.63) is 71.8 Å². The van der Waals surface area contributed by atoms with Crippen LogP contribution in [0.1, 0.15) is 10.8 Å². The summed E-state index contributed by atoms with van der Waals surface area (Å²) in [5.74, 6) is -0.0679. The van der Waals surface area contributed by atoms with Gasteiger partial charge in [0, 0.05) is 16.5 Å². The second-order valence-corrected chi connectivity index (χ2v) is 6.46. The van der Waals surface area contributed by atoms with E-state index in [-0.39, 0.29) is 11.2 Å². The first-order valence-corrected chi connectivity index (χ1v) is 7.90. The van der Waals surface area contributed by atoms with Gasteiger partial charge in [0.05, 0.1) is 10.9 Å². The molecule has 2 aromatic carbocycles. The number of nitrogens with zero attached hydrogens (tertiary/aromatic N) is 1. The number of hydrogen-bond acceptors (Lipinski definition) is 2. The van der Waals surface area contributed by atoms with E-state index in [2.05, 4.69) is 6.58 Å². The molecule has 1 heterocycles. The van der Waals surface area contributed by atoms with Gasteiger partial charge in [0.25, 0.3) is 0 Å². The monoisotopic (exact) mass is 315 g/mol. The quantitative estimate of drug-likeness (QED) is 0.748. The molecule has 1 aliphatic rings. The second-order valence-electron chi connectivity index (χ2n) is 4.78. The molecule has 106 valence electrons. The summed E-state index contributed by atoms with van der Waals surface area (Å²) >= 11 is 7.72. The lowest BCUT2D eigenvalue weighted by atomic mass is 10.1. The van der Waals surface area contributed by atoms with Crippen molar-refractivity contribution in [3.63, 3.8) is 0 Å². The first-order chi connectivity index (χ1) is 10.2. The molecule has 0 aliphatic carbocycles. The van der Waals surface area contributed by atoms with Crippen molar-refractivity contribution in [1.82, 2.24) is 0 Å². The maximum Gasteiger partial charge on any atom is 0.250 e. The van der Waals surface area contributed by atoms with Gasteiger partial charge in [0.15, 0.2) is 0 Å². The summed E-state index contributed by atoms with van der Waals surface area (Å²) in [5.41, 5.74) is 2.12. The van der Waals surface area contributed by atoms with Crippen molar-refractivity contribution >= 4 is 35.0 Å². The van der Waals surface area contributed by atoms with Crippen LogP contribution in [0.3, 0.4) is 0 Å². The molecule has 1 aliphatic heterocycles. The fraction of sp³-hybridized carbons (Fsp3) is 0.118. The van der Waals surface area contributed by atoms with Crippen molar-refractivity contribution in [2.75, 3.05) is 11.4 Å².